The lowest BCUT2D eigenvalue weighted by Crippen LogP contribution is -2.42. The molecule has 110 valence electrons. The summed E-state index contributed by atoms with van der Waals surface area (Å²) in [5.74, 6) is -0.575. The highest BCUT2D eigenvalue weighted by atomic mass is 16.5. The van der Waals surface area contributed by atoms with E-state index in [1.807, 2.05) is 6.07 Å². The molecule has 1 atom stereocenters. The van der Waals surface area contributed by atoms with Crippen molar-refractivity contribution < 1.29 is 19.4 Å². The molecule has 0 saturated heterocycles. The van der Waals surface area contributed by atoms with E-state index in [1.54, 1.807) is 31.3 Å². The lowest BCUT2D eigenvalue weighted by atomic mass is 10.2. The topological polar surface area (TPSA) is 78.9 Å². The molecule has 1 rings (SSSR count). The molecule has 1 aromatic carbocycles. The van der Waals surface area contributed by atoms with Gasteiger partial charge in [-0.25, -0.2) is 0 Å². The first-order chi connectivity index (χ1) is 9.54. The molecular formula is C14H20N2O4. The van der Waals surface area contributed by atoms with E-state index in [1.165, 1.54) is 12.0 Å². The molecule has 0 aliphatic rings. The van der Waals surface area contributed by atoms with E-state index in [4.69, 9.17) is 4.74 Å². The summed E-state index contributed by atoms with van der Waals surface area (Å²) in [6.07, 6.45) is -0.737. The van der Waals surface area contributed by atoms with Crippen molar-refractivity contribution in [2.45, 2.75) is 6.10 Å². The van der Waals surface area contributed by atoms with Crippen LogP contribution in [0.3, 0.4) is 0 Å². The van der Waals surface area contributed by atoms with Crippen molar-refractivity contribution in [3.8, 4) is 0 Å². The van der Waals surface area contributed by atoms with Crippen LogP contribution in [0.5, 0.6) is 0 Å². The van der Waals surface area contributed by atoms with Crippen LogP contribution in [-0.4, -0.2) is 61.8 Å². The second-order valence-electron chi connectivity index (χ2n) is 4.43. The number of amides is 2. The minimum absolute atomic E-state index is 0.107. The third-order valence-corrected chi connectivity index (χ3v) is 2.71. The average molecular weight is 280 g/mol. The van der Waals surface area contributed by atoms with Gasteiger partial charge in [0, 0.05) is 26.3 Å². The summed E-state index contributed by atoms with van der Waals surface area (Å²) in [5.41, 5.74) is 0.502. The lowest BCUT2D eigenvalue weighted by molar-refractivity contribution is -0.130. The zero-order valence-corrected chi connectivity index (χ0v) is 11.7. The number of rotatable bonds is 7. The number of hydrogen-bond donors (Lipinski definition) is 2. The Balaban J connectivity index is 2.37. The Bertz CT molecular complexity index is 436. The summed E-state index contributed by atoms with van der Waals surface area (Å²) >= 11 is 0. The van der Waals surface area contributed by atoms with E-state index in [-0.39, 0.29) is 31.5 Å². The molecule has 1 unspecified atom stereocenters. The second kappa shape index (κ2) is 8.29. The first-order valence-corrected chi connectivity index (χ1v) is 6.28. The zero-order chi connectivity index (χ0) is 15.0. The molecule has 0 aliphatic carbocycles. The average Bonchev–Trinajstić information content (AvgIpc) is 2.45. The van der Waals surface area contributed by atoms with Crippen LogP contribution in [0.1, 0.15) is 10.4 Å². The molecule has 0 bridgehead atoms. The highest BCUT2D eigenvalue weighted by Gasteiger charge is 2.14. The Morgan fingerprint density at radius 3 is 2.60 bits per heavy atom. The first-order valence-electron chi connectivity index (χ1n) is 6.28. The molecule has 20 heavy (non-hydrogen) atoms. The van der Waals surface area contributed by atoms with Crippen molar-refractivity contribution >= 4 is 11.8 Å². The van der Waals surface area contributed by atoms with Crippen molar-refractivity contribution in [1.82, 2.24) is 10.2 Å². The van der Waals surface area contributed by atoms with E-state index in [0.29, 0.717) is 5.56 Å². The maximum Gasteiger partial charge on any atom is 0.251 e. The number of carbonyl (C=O) groups is 2. The van der Waals surface area contributed by atoms with Gasteiger partial charge in [0.05, 0.1) is 19.3 Å². The number of nitrogens with zero attached hydrogens (tertiary/aromatic N) is 1. The van der Waals surface area contributed by atoms with E-state index < -0.39 is 6.10 Å². The van der Waals surface area contributed by atoms with Crippen LogP contribution in [0.4, 0.5) is 0 Å². The van der Waals surface area contributed by atoms with Gasteiger partial charge in [0.1, 0.15) is 0 Å². The van der Waals surface area contributed by atoms with Crippen molar-refractivity contribution in [3.05, 3.63) is 35.9 Å². The van der Waals surface area contributed by atoms with Crippen molar-refractivity contribution in [2.75, 3.05) is 33.9 Å². The normalized spacial score (nSPS) is 11.8. The summed E-state index contributed by atoms with van der Waals surface area (Å²) in [7, 11) is 3.04. The third-order valence-electron chi connectivity index (χ3n) is 2.71. The van der Waals surface area contributed by atoms with Crippen LogP contribution in [-0.2, 0) is 9.53 Å². The molecule has 0 saturated carbocycles. The van der Waals surface area contributed by atoms with Gasteiger partial charge in [0.25, 0.3) is 5.91 Å². The van der Waals surface area contributed by atoms with Crippen LogP contribution in [0.15, 0.2) is 30.3 Å². The van der Waals surface area contributed by atoms with Crippen LogP contribution < -0.4 is 5.32 Å². The number of ether oxygens (including phenoxy) is 1. The fourth-order valence-corrected chi connectivity index (χ4v) is 1.65. The molecule has 2 N–H and O–H groups in total. The minimum Gasteiger partial charge on any atom is -0.389 e. The quantitative estimate of drug-likeness (QED) is 0.730. The van der Waals surface area contributed by atoms with E-state index in [0.717, 1.165) is 0 Å². The van der Waals surface area contributed by atoms with Gasteiger partial charge in [-0.05, 0) is 12.1 Å². The highest BCUT2D eigenvalue weighted by Crippen LogP contribution is 1.98. The Morgan fingerprint density at radius 2 is 2.00 bits per heavy atom. The molecule has 0 aromatic heterocycles. The number of aliphatic hydroxyl groups excluding tert-OH is 1. The van der Waals surface area contributed by atoms with E-state index in [2.05, 4.69) is 5.32 Å². The number of aliphatic hydroxyl groups is 1. The van der Waals surface area contributed by atoms with Crippen molar-refractivity contribution in [3.63, 3.8) is 0 Å². The van der Waals surface area contributed by atoms with Gasteiger partial charge in [0.15, 0.2) is 0 Å². The lowest BCUT2D eigenvalue weighted by Gasteiger charge is -2.20. The van der Waals surface area contributed by atoms with Gasteiger partial charge in [-0.15, -0.1) is 0 Å². The van der Waals surface area contributed by atoms with Gasteiger partial charge in [0.2, 0.25) is 5.91 Å². The molecule has 6 nitrogen and oxygen atoms in total. The Labute approximate surface area is 118 Å². The minimum atomic E-state index is -0.737. The first kappa shape index (κ1) is 16.1. The number of hydrogen-bond acceptors (Lipinski definition) is 4. The SMILES string of the molecule is COCC(O)CN(C)C(=O)CNC(=O)c1ccccc1. The standard InChI is InChI=1S/C14H20N2O4/c1-16(9-12(17)10-20-2)13(18)8-15-14(19)11-6-4-3-5-7-11/h3-7,12,17H,8-10H2,1-2H3,(H,15,19). The van der Waals surface area contributed by atoms with Crippen LogP contribution >= 0.6 is 0 Å². The van der Waals surface area contributed by atoms with Gasteiger partial charge < -0.3 is 20.1 Å². The van der Waals surface area contributed by atoms with Crippen molar-refractivity contribution in [2.24, 2.45) is 0 Å². The Morgan fingerprint density at radius 1 is 1.35 bits per heavy atom. The van der Waals surface area contributed by atoms with E-state index >= 15 is 0 Å². The van der Waals surface area contributed by atoms with Gasteiger partial charge in [-0.3, -0.25) is 9.59 Å². The number of likely N-dealkylation sites (N-methyl/N-ethyl adjacent to an activating group) is 1. The summed E-state index contributed by atoms with van der Waals surface area (Å²) in [6.45, 7) is 0.214. The van der Waals surface area contributed by atoms with Crippen LogP contribution in [0.2, 0.25) is 0 Å². The monoisotopic (exact) mass is 280 g/mol. The molecule has 0 spiro atoms. The fraction of sp³-hybridized carbons (Fsp3) is 0.429. The summed E-state index contributed by atoms with van der Waals surface area (Å²) in [6, 6.07) is 8.67. The summed E-state index contributed by atoms with van der Waals surface area (Å²) < 4.78 is 4.78. The maximum absolute atomic E-state index is 11.8. The molecule has 6 heteroatoms. The van der Waals surface area contributed by atoms with Gasteiger partial charge >= 0.3 is 0 Å². The molecule has 0 aliphatic heterocycles. The van der Waals surface area contributed by atoms with Crippen LogP contribution in [0, 0.1) is 0 Å². The maximum atomic E-state index is 11.8. The van der Waals surface area contributed by atoms with E-state index in [9.17, 15) is 14.7 Å². The highest BCUT2D eigenvalue weighted by molar-refractivity contribution is 5.96. The molecule has 2 amide bonds. The summed E-state index contributed by atoms with van der Waals surface area (Å²) in [5, 5.41) is 12.1. The molecule has 0 radical (unpaired) electrons. The smallest absolute Gasteiger partial charge is 0.251 e. The number of methoxy groups -OCH3 is 1. The van der Waals surface area contributed by atoms with Gasteiger partial charge in [-0.1, -0.05) is 18.2 Å². The molecular weight excluding hydrogens is 260 g/mol. The fourth-order valence-electron chi connectivity index (χ4n) is 1.65. The Hall–Kier alpha value is -1.92. The van der Waals surface area contributed by atoms with Crippen LogP contribution in [0.25, 0.3) is 0 Å². The number of benzene rings is 1. The zero-order valence-electron chi connectivity index (χ0n) is 11.7. The van der Waals surface area contributed by atoms with Gasteiger partial charge in [-0.2, -0.15) is 0 Å². The predicted octanol–water partition coefficient (Wildman–Crippen LogP) is -0.118. The number of carbonyl (C=O) groups excluding carboxylic acids is 2. The predicted molar refractivity (Wildman–Crippen MR) is 74.3 cm³/mol. The number of nitrogens with one attached hydrogen (secondary N) is 1. The third kappa shape index (κ3) is 5.38. The summed E-state index contributed by atoms with van der Waals surface area (Å²) in [4.78, 5) is 24.9. The molecule has 1 aromatic rings. The molecule has 0 fully saturated rings. The largest absolute Gasteiger partial charge is 0.389 e. The second-order valence-corrected chi connectivity index (χ2v) is 4.43. The van der Waals surface area contributed by atoms with Crippen molar-refractivity contribution in [1.29, 1.82) is 0 Å². The Kier molecular flexibility index (Phi) is 6.69. The molecule has 0 heterocycles.